The van der Waals surface area contributed by atoms with Crippen LogP contribution in [0.25, 0.3) is 6.08 Å². The third-order valence-corrected chi connectivity index (χ3v) is 8.18. The van der Waals surface area contributed by atoms with Crippen LogP contribution in [0.2, 0.25) is 5.02 Å². The fourth-order valence-electron chi connectivity index (χ4n) is 4.20. The highest BCUT2D eigenvalue weighted by molar-refractivity contribution is 7.93. The van der Waals surface area contributed by atoms with Gasteiger partial charge in [0.2, 0.25) is 15.9 Å². The number of carbonyl (C=O) groups excluding carboxylic acids is 1. The zero-order valence-corrected chi connectivity index (χ0v) is 19.0. The maximum atomic E-state index is 13.1. The van der Waals surface area contributed by atoms with Gasteiger partial charge in [-0.15, -0.1) is 12.4 Å². The maximum Gasteiger partial charge on any atom is 0.242 e. The summed E-state index contributed by atoms with van der Waals surface area (Å²) in [7, 11) is -3.64. The fourth-order valence-corrected chi connectivity index (χ4v) is 5.83. The molecule has 3 aliphatic rings. The predicted molar refractivity (Wildman–Crippen MR) is 119 cm³/mol. The van der Waals surface area contributed by atoms with Gasteiger partial charge < -0.3 is 15.4 Å². The highest BCUT2D eigenvalue weighted by atomic mass is 35.5. The molecule has 166 valence electrons. The van der Waals surface area contributed by atoms with E-state index < -0.39 is 10.0 Å². The van der Waals surface area contributed by atoms with Crippen LogP contribution < -0.4 is 10.5 Å². The van der Waals surface area contributed by atoms with Crippen molar-refractivity contribution in [1.29, 1.82) is 0 Å². The van der Waals surface area contributed by atoms with Gasteiger partial charge in [-0.3, -0.25) is 4.79 Å². The van der Waals surface area contributed by atoms with Crippen molar-refractivity contribution in [2.75, 3.05) is 32.8 Å². The number of hydrogen-bond acceptors (Lipinski definition) is 5. The molecule has 0 spiro atoms. The van der Waals surface area contributed by atoms with Crippen LogP contribution in [0.3, 0.4) is 0 Å². The minimum absolute atomic E-state index is 0. The highest BCUT2D eigenvalue weighted by Gasteiger charge is 2.35. The second kappa shape index (κ2) is 9.44. The van der Waals surface area contributed by atoms with Crippen LogP contribution in [-0.4, -0.2) is 62.4 Å². The first-order chi connectivity index (χ1) is 13.8. The lowest BCUT2D eigenvalue weighted by atomic mass is 9.85. The smallest absolute Gasteiger partial charge is 0.242 e. The van der Waals surface area contributed by atoms with Crippen molar-refractivity contribution in [2.45, 2.75) is 31.7 Å². The molecule has 2 fully saturated rings. The average Bonchev–Trinajstić information content (AvgIpc) is 2.73. The van der Waals surface area contributed by atoms with Gasteiger partial charge in [0.15, 0.2) is 0 Å². The summed E-state index contributed by atoms with van der Waals surface area (Å²) in [5, 5.41) is 0.546. The quantitative estimate of drug-likeness (QED) is 0.724. The summed E-state index contributed by atoms with van der Waals surface area (Å²) in [6.07, 6.45) is 5.06. The average molecular weight is 476 g/mol. The van der Waals surface area contributed by atoms with Crippen LogP contribution in [0.4, 0.5) is 0 Å². The number of ether oxygens (including phenoxy) is 1. The molecule has 0 bridgehead atoms. The van der Waals surface area contributed by atoms with Gasteiger partial charge in [-0.1, -0.05) is 11.6 Å². The third kappa shape index (κ3) is 4.78. The van der Waals surface area contributed by atoms with E-state index in [1.54, 1.807) is 29.2 Å². The normalized spacial score (nSPS) is 24.9. The van der Waals surface area contributed by atoms with Crippen LogP contribution in [-0.2, 0) is 14.8 Å². The number of fused-ring (bicyclic) bond motifs is 1. The zero-order chi connectivity index (χ0) is 20.6. The van der Waals surface area contributed by atoms with Gasteiger partial charge in [0.1, 0.15) is 12.4 Å². The molecule has 10 heteroatoms. The molecule has 1 aromatic carbocycles. The van der Waals surface area contributed by atoms with E-state index in [1.807, 2.05) is 0 Å². The summed E-state index contributed by atoms with van der Waals surface area (Å²) in [4.78, 5) is 14.8. The van der Waals surface area contributed by atoms with E-state index in [0.717, 1.165) is 25.7 Å². The first-order valence-corrected chi connectivity index (χ1v) is 11.8. The SMILES string of the molecule is Cl.NC1CCC(C(=O)N2CCN(S(=O)(=O)C3=Cc4ccc(Cl)cc4OC3)CC2)CC1. The summed E-state index contributed by atoms with van der Waals surface area (Å²) < 4.78 is 33.2. The molecule has 1 aliphatic carbocycles. The Balaban J connectivity index is 0.00000256. The van der Waals surface area contributed by atoms with Crippen molar-refractivity contribution in [2.24, 2.45) is 11.7 Å². The van der Waals surface area contributed by atoms with E-state index >= 15 is 0 Å². The van der Waals surface area contributed by atoms with Crippen LogP contribution in [0.5, 0.6) is 5.75 Å². The lowest BCUT2D eigenvalue weighted by Gasteiger charge is -2.37. The summed E-state index contributed by atoms with van der Waals surface area (Å²) in [5.41, 5.74) is 6.63. The largest absolute Gasteiger partial charge is 0.487 e. The summed E-state index contributed by atoms with van der Waals surface area (Å²) in [5.74, 6) is 0.745. The Hall–Kier alpha value is -1.32. The predicted octanol–water partition coefficient (Wildman–Crippen LogP) is 2.49. The monoisotopic (exact) mass is 475 g/mol. The van der Waals surface area contributed by atoms with E-state index in [1.165, 1.54) is 4.31 Å². The Morgan fingerprint density at radius 2 is 1.77 bits per heavy atom. The number of nitrogens with zero attached hydrogens (tertiary/aromatic N) is 2. The van der Waals surface area contributed by atoms with Gasteiger partial charge in [-0.25, -0.2) is 8.42 Å². The zero-order valence-electron chi connectivity index (χ0n) is 16.6. The highest BCUT2D eigenvalue weighted by Crippen LogP contribution is 2.32. The van der Waals surface area contributed by atoms with Gasteiger partial charge in [0, 0.05) is 48.7 Å². The lowest BCUT2D eigenvalue weighted by Crippen LogP contribution is -2.52. The van der Waals surface area contributed by atoms with Crippen LogP contribution in [0.1, 0.15) is 31.2 Å². The Morgan fingerprint density at radius 1 is 1.10 bits per heavy atom. The number of nitrogens with two attached hydrogens (primary N) is 1. The molecule has 0 atom stereocenters. The Kier molecular flexibility index (Phi) is 7.35. The maximum absolute atomic E-state index is 13.1. The minimum atomic E-state index is -3.64. The number of amides is 1. The van der Waals surface area contributed by atoms with Crippen molar-refractivity contribution in [3.63, 3.8) is 0 Å². The van der Waals surface area contributed by atoms with E-state index in [-0.39, 0.29) is 41.8 Å². The molecule has 1 amide bonds. The molecule has 4 rings (SSSR count). The molecule has 2 heterocycles. The molecule has 30 heavy (non-hydrogen) atoms. The molecule has 1 saturated heterocycles. The molecule has 0 aromatic heterocycles. The second-order valence-corrected chi connectivity index (χ2v) is 10.3. The first kappa shape index (κ1) is 23.3. The number of sulfonamides is 1. The van der Waals surface area contributed by atoms with Crippen molar-refractivity contribution in [1.82, 2.24) is 9.21 Å². The Labute approximate surface area is 188 Å². The van der Waals surface area contributed by atoms with E-state index in [4.69, 9.17) is 22.1 Å². The summed E-state index contributed by atoms with van der Waals surface area (Å²) in [6, 6.07) is 5.34. The molecule has 1 saturated carbocycles. The molecular weight excluding hydrogens is 449 g/mol. The summed E-state index contributed by atoms with van der Waals surface area (Å²) >= 11 is 5.96. The van der Waals surface area contributed by atoms with Crippen LogP contribution in [0.15, 0.2) is 23.1 Å². The number of halogens is 2. The van der Waals surface area contributed by atoms with Gasteiger partial charge in [0.25, 0.3) is 0 Å². The lowest BCUT2D eigenvalue weighted by molar-refractivity contribution is -0.137. The molecule has 7 nitrogen and oxygen atoms in total. The Bertz CT molecular complexity index is 922. The number of carbonyl (C=O) groups is 1. The van der Waals surface area contributed by atoms with Gasteiger partial charge in [0.05, 0.1) is 4.91 Å². The third-order valence-electron chi connectivity index (χ3n) is 6.00. The van der Waals surface area contributed by atoms with Gasteiger partial charge >= 0.3 is 0 Å². The standard InChI is InChI=1S/C20H26ClN3O4S.ClH/c21-16-4-1-15-11-18(13-28-19(15)12-16)29(26,27)24-9-7-23(8-10-24)20(25)14-2-5-17(22)6-3-14;/h1,4,11-12,14,17H,2-3,5-10,13,22H2;1H. The minimum Gasteiger partial charge on any atom is -0.487 e. The van der Waals surface area contributed by atoms with Crippen molar-refractivity contribution in [3.8, 4) is 5.75 Å². The number of piperazine rings is 1. The van der Waals surface area contributed by atoms with E-state index in [2.05, 4.69) is 0 Å². The fraction of sp³-hybridized carbons (Fsp3) is 0.550. The Morgan fingerprint density at radius 3 is 2.43 bits per heavy atom. The topological polar surface area (TPSA) is 92.9 Å². The van der Waals surface area contributed by atoms with Crippen molar-refractivity contribution >= 4 is 46.0 Å². The molecule has 0 unspecified atom stereocenters. The van der Waals surface area contributed by atoms with E-state index in [9.17, 15) is 13.2 Å². The first-order valence-electron chi connectivity index (χ1n) is 10.0. The molecule has 2 N–H and O–H groups in total. The van der Waals surface area contributed by atoms with Crippen LogP contribution in [0, 0.1) is 5.92 Å². The number of benzene rings is 1. The number of hydrogen-bond donors (Lipinski definition) is 1. The molecular formula is C20H27Cl2N3O4S. The summed E-state index contributed by atoms with van der Waals surface area (Å²) in [6.45, 7) is 1.41. The number of rotatable bonds is 3. The molecule has 2 aliphatic heterocycles. The van der Waals surface area contributed by atoms with Gasteiger partial charge in [-0.2, -0.15) is 4.31 Å². The second-order valence-electron chi connectivity index (χ2n) is 7.92. The molecule has 1 aromatic rings. The van der Waals surface area contributed by atoms with Crippen LogP contribution >= 0.6 is 24.0 Å². The van der Waals surface area contributed by atoms with E-state index in [0.29, 0.717) is 42.5 Å². The van der Waals surface area contributed by atoms with Gasteiger partial charge in [-0.05, 0) is 50.0 Å². The van der Waals surface area contributed by atoms with Crippen molar-refractivity contribution < 1.29 is 17.9 Å². The van der Waals surface area contributed by atoms with Crippen molar-refractivity contribution in [3.05, 3.63) is 33.7 Å². The molecule has 0 radical (unpaired) electrons.